The lowest BCUT2D eigenvalue weighted by atomic mass is 9.82. The number of quaternary nitrogens is 1. The van der Waals surface area contributed by atoms with E-state index in [1.165, 1.54) is 37.0 Å². The summed E-state index contributed by atoms with van der Waals surface area (Å²) in [5.74, 6) is 0.829. The van der Waals surface area contributed by atoms with Gasteiger partial charge in [0.15, 0.2) is 0 Å². The molecule has 0 aromatic carbocycles. The van der Waals surface area contributed by atoms with E-state index in [0.717, 1.165) is 12.5 Å². The van der Waals surface area contributed by atoms with E-state index >= 15 is 0 Å². The van der Waals surface area contributed by atoms with Crippen LogP contribution in [0.5, 0.6) is 0 Å². The average molecular weight is 167 g/mol. The summed E-state index contributed by atoms with van der Waals surface area (Å²) in [5.41, 5.74) is 6.09. The summed E-state index contributed by atoms with van der Waals surface area (Å²) in [7, 11) is 0. The van der Waals surface area contributed by atoms with Gasteiger partial charge in [0.05, 0.1) is 32.2 Å². The van der Waals surface area contributed by atoms with Crippen LogP contribution < -0.4 is 5.73 Å². The molecule has 1 unspecified atom stereocenters. The van der Waals surface area contributed by atoms with Gasteiger partial charge < -0.3 is 10.2 Å². The number of nitrogens with zero attached hydrogens (tertiary/aromatic N) is 1. The molecular formula is C10H19N2+. The molecule has 0 radical (unpaired) electrons. The lowest BCUT2D eigenvalue weighted by molar-refractivity contribution is -0.938. The third kappa shape index (κ3) is 1.19. The molecule has 3 aliphatic rings. The Bertz CT molecular complexity index is 180. The highest BCUT2D eigenvalue weighted by atomic mass is 15.4. The van der Waals surface area contributed by atoms with E-state index in [0.29, 0.717) is 6.04 Å². The molecule has 3 rings (SSSR count). The van der Waals surface area contributed by atoms with Crippen molar-refractivity contribution in [3.05, 3.63) is 12.7 Å². The van der Waals surface area contributed by atoms with Gasteiger partial charge in [-0.05, 0) is 12.0 Å². The fourth-order valence-corrected chi connectivity index (χ4v) is 2.87. The van der Waals surface area contributed by atoms with Crippen molar-refractivity contribution in [2.45, 2.75) is 18.9 Å². The third-order valence-corrected chi connectivity index (χ3v) is 3.67. The maximum absolute atomic E-state index is 6.09. The SMILES string of the molecule is C=CC[N+]12CCC(CC1)C(N)C2. The predicted octanol–water partition coefficient (Wildman–Crippen LogP) is 0.740. The second-order valence-electron chi connectivity index (χ2n) is 4.44. The summed E-state index contributed by atoms with van der Waals surface area (Å²) >= 11 is 0. The quantitative estimate of drug-likeness (QED) is 0.476. The van der Waals surface area contributed by atoms with E-state index < -0.39 is 0 Å². The van der Waals surface area contributed by atoms with Gasteiger partial charge in [-0.3, -0.25) is 0 Å². The van der Waals surface area contributed by atoms with Crippen molar-refractivity contribution in [3.63, 3.8) is 0 Å². The Morgan fingerprint density at radius 3 is 2.58 bits per heavy atom. The molecule has 3 heterocycles. The van der Waals surface area contributed by atoms with Crippen molar-refractivity contribution in [3.8, 4) is 0 Å². The van der Waals surface area contributed by atoms with Crippen molar-refractivity contribution in [1.82, 2.24) is 0 Å². The van der Waals surface area contributed by atoms with Gasteiger partial charge in [0, 0.05) is 12.8 Å². The topological polar surface area (TPSA) is 26.0 Å². The van der Waals surface area contributed by atoms with E-state index in [2.05, 4.69) is 12.7 Å². The van der Waals surface area contributed by atoms with Crippen LogP contribution in [0, 0.1) is 5.92 Å². The Morgan fingerprint density at radius 2 is 2.08 bits per heavy atom. The largest absolute Gasteiger partial charge is 0.323 e. The highest BCUT2D eigenvalue weighted by Gasteiger charge is 2.43. The van der Waals surface area contributed by atoms with Gasteiger partial charge in [-0.15, -0.1) is 0 Å². The first-order chi connectivity index (χ1) is 5.76. The summed E-state index contributed by atoms with van der Waals surface area (Å²) in [6.07, 6.45) is 4.74. The lowest BCUT2D eigenvalue weighted by Crippen LogP contribution is -2.65. The summed E-state index contributed by atoms with van der Waals surface area (Å²) in [4.78, 5) is 0. The highest BCUT2D eigenvalue weighted by Crippen LogP contribution is 2.32. The first-order valence-electron chi connectivity index (χ1n) is 4.97. The van der Waals surface area contributed by atoms with Crippen LogP contribution in [0.3, 0.4) is 0 Å². The Balaban J connectivity index is 2.10. The van der Waals surface area contributed by atoms with E-state index in [4.69, 9.17) is 5.73 Å². The molecule has 2 nitrogen and oxygen atoms in total. The minimum Gasteiger partial charge on any atom is -0.323 e. The van der Waals surface area contributed by atoms with Gasteiger partial charge in [0.25, 0.3) is 0 Å². The normalized spacial score (nSPS) is 46.1. The number of fused-ring (bicyclic) bond motifs is 3. The van der Waals surface area contributed by atoms with E-state index in [1.807, 2.05) is 0 Å². The minimum absolute atomic E-state index is 0.465. The number of nitrogens with two attached hydrogens (primary N) is 1. The fourth-order valence-electron chi connectivity index (χ4n) is 2.87. The molecular weight excluding hydrogens is 148 g/mol. The number of hydrogen-bond acceptors (Lipinski definition) is 1. The molecule has 3 saturated heterocycles. The Labute approximate surface area is 74.6 Å². The van der Waals surface area contributed by atoms with Gasteiger partial charge >= 0.3 is 0 Å². The monoisotopic (exact) mass is 167 g/mol. The average Bonchev–Trinajstić information content (AvgIpc) is 2.05. The van der Waals surface area contributed by atoms with Gasteiger partial charge in [0.2, 0.25) is 0 Å². The molecule has 2 N–H and O–H groups in total. The smallest absolute Gasteiger partial charge is 0.0971 e. The van der Waals surface area contributed by atoms with Gasteiger partial charge in [-0.2, -0.15) is 0 Å². The van der Waals surface area contributed by atoms with Crippen LogP contribution >= 0.6 is 0 Å². The summed E-state index contributed by atoms with van der Waals surface area (Å²) in [5, 5.41) is 0. The van der Waals surface area contributed by atoms with Crippen LogP contribution in [-0.2, 0) is 0 Å². The minimum atomic E-state index is 0.465. The number of rotatable bonds is 2. The molecule has 3 fully saturated rings. The molecule has 68 valence electrons. The van der Waals surface area contributed by atoms with Crippen molar-refractivity contribution in [2.75, 3.05) is 26.2 Å². The lowest BCUT2D eigenvalue weighted by Gasteiger charge is -2.51. The van der Waals surface area contributed by atoms with Crippen LogP contribution in [0.15, 0.2) is 12.7 Å². The molecule has 1 atom stereocenters. The predicted molar refractivity (Wildman–Crippen MR) is 50.6 cm³/mol. The zero-order valence-electron chi connectivity index (χ0n) is 7.71. The first kappa shape index (κ1) is 8.27. The standard InChI is InChI=1S/C10H19N2/c1-2-5-12-6-3-9(4-7-12)10(11)8-12/h2,9-10H,1,3-8,11H2/q+1. The molecule has 0 aromatic rings. The Kier molecular flexibility index (Phi) is 1.97. The molecule has 0 saturated carbocycles. The van der Waals surface area contributed by atoms with Gasteiger partial charge in [-0.1, -0.05) is 6.58 Å². The van der Waals surface area contributed by atoms with Crippen LogP contribution in [-0.4, -0.2) is 36.7 Å². The van der Waals surface area contributed by atoms with Crippen LogP contribution in [0.25, 0.3) is 0 Å². The molecule has 0 amide bonds. The highest BCUT2D eigenvalue weighted by molar-refractivity contribution is 4.84. The Morgan fingerprint density at radius 1 is 1.42 bits per heavy atom. The molecule has 0 aliphatic carbocycles. The molecule has 3 aliphatic heterocycles. The first-order valence-corrected chi connectivity index (χ1v) is 4.97. The second kappa shape index (κ2) is 2.86. The second-order valence-corrected chi connectivity index (χ2v) is 4.44. The zero-order valence-corrected chi connectivity index (χ0v) is 7.71. The Hall–Kier alpha value is -0.340. The zero-order chi connectivity index (χ0) is 8.60. The van der Waals surface area contributed by atoms with Crippen LogP contribution in [0.1, 0.15) is 12.8 Å². The fraction of sp³-hybridized carbons (Fsp3) is 0.800. The van der Waals surface area contributed by atoms with Crippen LogP contribution in [0.4, 0.5) is 0 Å². The molecule has 0 spiro atoms. The van der Waals surface area contributed by atoms with Crippen molar-refractivity contribution >= 4 is 0 Å². The number of piperidine rings is 3. The summed E-state index contributed by atoms with van der Waals surface area (Å²) in [6.45, 7) is 8.83. The molecule has 2 heteroatoms. The maximum Gasteiger partial charge on any atom is 0.0971 e. The molecule has 12 heavy (non-hydrogen) atoms. The van der Waals surface area contributed by atoms with Gasteiger partial charge in [-0.25, -0.2) is 0 Å². The molecule has 2 bridgehead atoms. The summed E-state index contributed by atoms with van der Waals surface area (Å²) < 4.78 is 1.22. The van der Waals surface area contributed by atoms with E-state index in [9.17, 15) is 0 Å². The van der Waals surface area contributed by atoms with Crippen molar-refractivity contribution in [2.24, 2.45) is 11.7 Å². The van der Waals surface area contributed by atoms with Crippen LogP contribution in [0.2, 0.25) is 0 Å². The third-order valence-electron chi connectivity index (χ3n) is 3.67. The number of hydrogen-bond donors (Lipinski definition) is 1. The van der Waals surface area contributed by atoms with Crippen molar-refractivity contribution in [1.29, 1.82) is 0 Å². The van der Waals surface area contributed by atoms with E-state index in [-0.39, 0.29) is 0 Å². The molecule has 0 aromatic heterocycles. The summed E-state index contributed by atoms with van der Waals surface area (Å²) in [6, 6.07) is 0.465. The van der Waals surface area contributed by atoms with E-state index in [1.54, 1.807) is 0 Å². The maximum atomic E-state index is 6.09. The van der Waals surface area contributed by atoms with Crippen molar-refractivity contribution < 1.29 is 4.48 Å². The van der Waals surface area contributed by atoms with Gasteiger partial charge in [0.1, 0.15) is 0 Å².